The Labute approximate surface area is 73.3 Å². The Kier molecular flexibility index (Phi) is 2.15. The van der Waals surface area contributed by atoms with Crippen LogP contribution in [-0.4, -0.2) is 24.1 Å². The van der Waals surface area contributed by atoms with E-state index in [0.29, 0.717) is 5.54 Å². The Hall–Kier alpha value is 0.310. The average Bonchev–Trinajstić information content (AvgIpc) is 2.86. The zero-order valence-corrected chi connectivity index (χ0v) is 8.04. The molecule has 1 unspecified atom stereocenters. The van der Waals surface area contributed by atoms with Gasteiger partial charge in [0.1, 0.15) is 0 Å². The van der Waals surface area contributed by atoms with Crippen LogP contribution in [0.25, 0.3) is 0 Å². The second kappa shape index (κ2) is 2.98. The SMILES string of the molecule is CNC1(C2CCCSC2)CC1. The van der Waals surface area contributed by atoms with Gasteiger partial charge in [0.25, 0.3) is 0 Å². The van der Waals surface area contributed by atoms with Gasteiger partial charge in [0.05, 0.1) is 0 Å². The van der Waals surface area contributed by atoms with Crippen LogP contribution < -0.4 is 5.32 Å². The molecule has 1 saturated heterocycles. The lowest BCUT2D eigenvalue weighted by Gasteiger charge is -2.29. The summed E-state index contributed by atoms with van der Waals surface area (Å²) in [5, 5.41) is 3.51. The first-order valence-electron chi connectivity index (χ1n) is 4.64. The molecule has 1 saturated carbocycles. The first kappa shape index (κ1) is 7.93. The highest BCUT2D eigenvalue weighted by Gasteiger charge is 2.47. The standard InChI is InChI=1S/C9H17NS/c1-10-9(4-5-9)8-3-2-6-11-7-8/h8,10H,2-7H2,1H3. The quantitative estimate of drug-likeness (QED) is 0.681. The third kappa shape index (κ3) is 1.43. The van der Waals surface area contributed by atoms with Gasteiger partial charge in [-0.15, -0.1) is 0 Å². The lowest BCUT2D eigenvalue weighted by atomic mass is 9.94. The summed E-state index contributed by atoms with van der Waals surface area (Å²) in [6.07, 6.45) is 5.76. The van der Waals surface area contributed by atoms with Crippen molar-refractivity contribution in [3.8, 4) is 0 Å². The van der Waals surface area contributed by atoms with Crippen LogP contribution in [0.1, 0.15) is 25.7 Å². The second-order valence-electron chi connectivity index (χ2n) is 3.82. The van der Waals surface area contributed by atoms with Gasteiger partial charge in [-0.3, -0.25) is 0 Å². The molecule has 1 heterocycles. The van der Waals surface area contributed by atoms with Crippen molar-refractivity contribution in [2.24, 2.45) is 5.92 Å². The molecule has 1 nitrogen and oxygen atoms in total. The third-order valence-corrected chi connectivity index (χ3v) is 4.44. The van der Waals surface area contributed by atoms with Gasteiger partial charge in [-0.1, -0.05) is 0 Å². The Morgan fingerprint density at radius 2 is 2.27 bits per heavy atom. The smallest absolute Gasteiger partial charge is 0.0215 e. The predicted octanol–water partition coefficient (Wildman–Crippen LogP) is 1.88. The fourth-order valence-electron chi connectivity index (χ4n) is 2.17. The molecule has 0 amide bonds. The first-order valence-corrected chi connectivity index (χ1v) is 5.79. The van der Waals surface area contributed by atoms with E-state index >= 15 is 0 Å². The number of thioether (sulfide) groups is 1. The van der Waals surface area contributed by atoms with Crippen molar-refractivity contribution in [2.75, 3.05) is 18.6 Å². The van der Waals surface area contributed by atoms with Crippen LogP contribution in [0.15, 0.2) is 0 Å². The van der Waals surface area contributed by atoms with Crippen LogP contribution in [0, 0.1) is 5.92 Å². The van der Waals surface area contributed by atoms with Gasteiger partial charge >= 0.3 is 0 Å². The monoisotopic (exact) mass is 171 g/mol. The predicted molar refractivity (Wildman–Crippen MR) is 51.1 cm³/mol. The van der Waals surface area contributed by atoms with Gasteiger partial charge < -0.3 is 5.32 Å². The molecule has 2 aliphatic rings. The van der Waals surface area contributed by atoms with Crippen LogP contribution in [0.2, 0.25) is 0 Å². The van der Waals surface area contributed by atoms with Crippen LogP contribution in [0.5, 0.6) is 0 Å². The van der Waals surface area contributed by atoms with Crippen molar-refractivity contribution >= 4 is 11.8 Å². The van der Waals surface area contributed by atoms with E-state index in [9.17, 15) is 0 Å². The highest BCUT2D eigenvalue weighted by atomic mass is 32.2. The normalized spacial score (nSPS) is 35.2. The van der Waals surface area contributed by atoms with E-state index in [1.165, 1.54) is 37.2 Å². The zero-order chi connectivity index (χ0) is 7.73. The number of hydrogen-bond donors (Lipinski definition) is 1. The highest BCUT2D eigenvalue weighted by Crippen LogP contribution is 2.46. The molecule has 11 heavy (non-hydrogen) atoms. The van der Waals surface area contributed by atoms with Crippen molar-refractivity contribution in [3.63, 3.8) is 0 Å². The molecule has 2 heteroatoms. The summed E-state index contributed by atoms with van der Waals surface area (Å²) in [7, 11) is 2.13. The van der Waals surface area contributed by atoms with Gasteiger partial charge in [-0.2, -0.15) is 11.8 Å². The van der Waals surface area contributed by atoms with Crippen molar-refractivity contribution in [2.45, 2.75) is 31.2 Å². The minimum atomic E-state index is 0.591. The van der Waals surface area contributed by atoms with Crippen molar-refractivity contribution in [3.05, 3.63) is 0 Å². The summed E-state index contributed by atoms with van der Waals surface area (Å²) in [5.74, 6) is 3.78. The highest BCUT2D eigenvalue weighted by molar-refractivity contribution is 7.99. The summed E-state index contributed by atoms with van der Waals surface area (Å²) in [6.45, 7) is 0. The van der Waals surface area contributed by atoms with E-state index in [2.05, 4.69) is 24.1 Å². The maximum Gasteiger partial charge on any atom is 0.0215 e. The summed E-state index contributed by atoms with van der Waals surface area (Å²) in [6, 6.07) is 0. The van der Waals surface area contributed by atoms with Crippen LogP contribution in [0.3, 0.4) is 0 Å². The molecule has 0 aromatic rings. The second-order valence-corrected chi connectivity index (χ2v) is 4.97. The van der Waals surface area contributed by atoms with E-state index in [1.54, 1.807) is 0 Å². The Morgan fingerprint density at radius 3 is 2.73 bits per heavy atom. The molecule has 0 radical (unpaired) electrons. The van der Waals surface area contributed by atoms with Gasteiger partial charge in [0.15, 0.2) is 0 Å². The largest absolute Gasteiger partial charge is 0.314 e. The topological polar surface area (TPSA) is 12.0 Å². The molecule has 1 N–H and O–H groups in total. The fraction of sp³-hybridized carbons (Fsp3) is 1.00. The molecule has 1 aliphatic carbocycles. The lowest BCUT2D eigenvalue weighted by Crippen LogP contribution is -2.38. The minimum absolute atomic E-state index is 0.591. The molecule has 1 aliphatic heterocycles. The van der Waals surface area contributed by atoms with Crippen molar-refractivity contribution in [1.82, 2.24) is 5.32 Å². The number of rotatable bonds is 2. The fourth-order valence-corrected chi connectivity index (χ4v) is 3.48. The zero-order valence-electron chi connectivity index (χ0n) is 7.23. The van der Waals surface area contributed by atoms with E-state index in [1.807, 2.05) is 0 Å². The Bertz CT molecular complexity index is 136. The maximum absolute atomic E-state index is 3.51. The third-order valence-electron chi connectivity index (χ3n) is 3.23. The molecule has 2 fully saturated rings. The number of hydrogen-bond acceptors (Lipinski definition) is 2. The van der Waals surface area contributed by atoms with Crippen LogP contribution in [-0.2, 0) is 0 Å². The molecule has 2 rings (SSSR count). The lowest BCUT2D eigenvalue weighted by molar-refractivity contribution is 0.356. The number of nitrogens with one attached hydrogen (secondary N) is 1. The molecular formula is C9H17NS. The van der Waals surface area contributed by atoms with E-state index in [-0.39, 0.29) is 0 Å². The molecule has 1 atom stereocenters. The van der Waals surface area contributed by atoms with E-state index in [0.717, 1.165) is 5.92 Å². The first-order chi connectivity index (χ1) is 5.37. The van der Waals surface area contributed by atoms with Gasteiger partial charge in [0, 0.05) is 5.54 Å². The molecule has 0 aromatic heterocycles. The summed E-state index contributed by atoms with van der Waals surface area (Å²) in [4.78, 5) is 0. The summed E-state index contributed by atoms with van der Waals surface area (Å²) < 4.78 is 0. The van der Waals surface area contributed by atoms with E-state index in [4.69, 9.17) is 0 Å². The molecule has 0 spiro atoms. The summed E-state index contributed by atoms with van der Waals surface area (Å²) in [5.41, 5.74) is 0.591. The molecular weight excluding hydrogens is 154 g/mol. The van der Waals surface area contributed by atoms with Crippen LogP contribution >= 0.6 is 11.8 Å². The van der Waals surface area contributed by atoms with Gasteiger partial charge in [-0.25, -0.2) is 0 Å². The van der Waals surface area contributed by atoms with Crippen LogP contribution in [0.4, 0.5) is 0 Å². The van der Waals surface area contributed by atoms with Gasteiger partial charge in [0.2, 0.25) is 0 Å². The minimum Gasteiger partial charge on any atom is -0.314 e. The molecule has 64 valence electrons. The maximum atomic E-state index is 3.51. The molecule has 0 bridgehead atoms. The average molecular weight is 171 g/mol. The van der Waals surface area contributed by atoms with E-state index < -0.39 is 0 Å². The van der Waals surface area contributed by atoms with Crippen molar-refractivity contribution in [1.29, 1.82) is 0 Å². The molecule has 0 aromatic carbocycles. The van der Waals surface area contributed by atoms with Crippen molar-refractivity contribution < 1.29 is 0 Å². The Morgan fingerprint density at radius 1 is 1.45 bits per heavy atom. The summed E-state index contributed by atoms with van der Waals surface area (Å²) >= 11 is 2.15. The van der Waals surface area contributed by atoms with Gasteiger partial charge in [-0.05, 0) is 50.2 Å². The Balaban J connectivity index is 1.92.